The molecule has 20 heavy (non-hydrogen) atoms. The molecule has 2 aromatic heterocycles. The average molecular weight is 283 g/mol. The van der Waals surface area contributed by atoms with Crippen molar-refractivity contribution in [3.63, 3.8) is 0 Å². The summed E-state index contributed by atoms with van der Waals surface area (Å²) in [5, 5.41) is 4.46. The molecule has 3 rings (SSSR count). The van der Waals surface area contributed by atoms with E-state index in [2.05, 4.69) is 10.1 Å². The third kappa shape index (κ3) is 3.05. The van der Waals surface area contributed by atoms with Crippen LogP contribution in [0.15, 0.2) is 12.3 Å². The van der Waals surface area contributed by atoms with Crippen molar-refractivity contribution in [2.45, 2.75) is 46.0 Å². The van der Waals surface area contributed by atoms with Crippen LogP contribution in [0.25, 0.3) is 5.65 Å². The molecule has 0 amide bonds. The minimum absolute atomic E-state index is 0.337. The highest BCUT2D eigenvalue weighted by molar-refractivity contribution is 5.47. The number of rotatable bonds is 4. The van der Waals surface area contributed by atoms with Gasteiger partial charge in [0.25, 0.3) is 6.43 Å². The van der Waals surface area contributed by atoms with Gasteiger partial charge >= 0.3 is 0 Å². The summed E-state index contributed by atoms with van der Waals surface area (Å²) in [7, 11) is 0. The molecule has 0 bridgehead atoms. The quantitative estimate of drug-likeness (QED) is 0.861. The molecule has 110 valence electrons. The summed E-state index contributed by atoms with van der Waals surface area (Å²) in [6.45, 7) is 5.31. The smallest absolute Gasteiger partial charge is 0.272 e. The highest BCUT2D eigenvalue weighted by Crippen LogP contribution is 2.43. The SMILES string of the molecule is CC.Cc1cnc2cc(OCC(F)F)c(C3CC3)nn12. The largest absolute Gasteiger partial charge is 0.485 e. The van der Waals surface area contributed by atoms with Crippen molar-refractivity contribution in [3.8, 4) is 5.75 Å². The van der Waals surface area contributed by atoms with Crippen LogP contribution < -0.4 is 4.74 Å². The van der Waals surface area contributed by atoms with Gasteiger partial charge in [0.15, 0.2) is 5.65 Å². The number of alkyl halides is 2. The molecule has 0 atom stereocenters. The van der Waals surface area contributed by atoms with Gasteiger partial charge in [0.2, 0.25) is 0 Å². The minimum Gasteiger partial charge on any atom is -0.485 e. The lowest BCUT2D eigenvalue weighted by molar-refractivity contribution is 0.0811. The van der Waals surface area contributed by atoms with Crippen molar-refractivity contribution in [2.24, 2.45) is 0 Å². The lowest BCUT2D eigenvalue weighted by Crippen LogP contribution is -2.10. The molecule has 1 aliphatic rings. The van der Waals surface area contributed by atoms with Crippen LogP contribution in [0.1, 0.15) is 44.0 Å². The predicted molar refractivity (Wildman–Crippen MR) is 72.5 cm³/mol. The topological polar surface area (TPSA) is 39.4 Å². The molecule has 2 aromatic rings. The van der Waals surface area contributed by atoms with E-state index in [1.807, 2.05) is 20.8 Å². The van der Waals surface area contributed by atoms with Gasteiger partial charge in [0.1, 0.15) is 18.1 Å². The van der Waals surface area contributed by atoms with E-state index in [-0.39, 0.29) is 0 Å². The van der Waals surface area contributed by atoms with Crippen molar-refractivity contribution in [1.82, 2.24) is 14.6 Å². The molecule has 0 saturated heterocycles. The molecule has 1 fully saturated rings. The van der Waals surface area contributed by atoms with Gasteiger partial charge in [-0.1, -0.05) is 13.8 Å². The van der Waals surface area contributed by atoms with Crippen LogP contribution >= 0.6 is 0 Å². The normalized spacial score (nSPS) is 14.3. The zero-order valence-electron chi connectivity index (χ0n) is 11.9. The monoisotopic (exact) mass is 283 g/mol. The maximum absolute atomic E-state index is 12.2. The molecule has 0 N–H and O–H groups in total. The molecule has 0 aromatic carbocycles. The van der Waals surface area contributed by atoms with Gasteiger partial charge in [-0.15, -0.1) is 0 Å². The van der Waals surface area contributed by atoms with Crippen LogP contribution in [0.2, 0.25) is 0 Å². The number of hydrogen-bond acceptors (Lipinski definition) is 3. The summed E-state index contributed by atoms with van der Waals surface area (Å²) >= 11 is 0. The first-order valence-corrected chi connectivity index (χ1v) is 6.91. The second kappa shape index (κ2) is 6.15. The minimum atomic E-state index is -2.48. The molecular weight excluding hydrogens is 264 g/mol. The molecule has 2 heterocycles. The number of aryl methyl sites for hydroxylation is 1. The Morgan fingerprint density at radius 2 is 2.10 bits per heavy atom. The van der Waals surface area contributed by atoms with Gasteiger partial charge < -0.3 is 4.74 Å². The van der Waals surface area contributed by atoms with Crippen LogP contribution in [0, 0.1) is 6.92 Å². The molecule has 0 radical (unpaired) electrons. The maximum Gasteiger partial charge on any atom is 0.272 e. The van der Waals surface area contributed by atoms with Gasteiger partial charge in [0, 0.05) is 12.0 Å². The van der Waals surface area contributed by atoms with Crippen molar-refractivity contribution in [3.05, 3.63) is 23.7 Å². The van der Waals surface area contributed by atoms with E-state index in [1.165, 1.54) is 0 Å². The molecule has 1 aliphatic carbocycles. The Labute approximate surface area is 116 Å². The lowest BCUT2D eigenvalue weighted by atomic mass is 10.2. The third-order valence-corrected chi connectivity index (χ3v) is 2.98. The van der Waals surface area contributed by atoms with Gasteiger partial charge in [-0.3, -0.25) is 0 Å². The van der Waals surface area contributed by atoms with E-state index in [9.17, 15) is 8.78 Å². The Kier molecular flexibility index (Phi) is 4.52. The Morgan fingerprint density at radius 1 is 1.40 bits per heavy atom. The summed E-state index contributed by atoms with van der Waals surface area (Å²) in [4.78, 5) is 4.16. The Hall–Kier alpha value is -1.72. The first-order chi connectivity index (χ1) is 9.65. The van der Waals surface area contributed by atoms with Gasteiger partial charge in [-0.25, -0.2) is 18.3 Å². The standard InChI is InChI=1S/C12H13F2N3O.C2H6/c1-7-5-15-11-4-9(18-6-10(13)14)12(8-2-3-8)16-17(7)11;1-2/h4-5,8,10H,2-3,6H2,1H3;1-2H3. The third-order valence-electron chi connectivity index (χ3n) is 2.98. The van der Waals surface area contributed by atoms with Crippen molar-refractivity contribution >= 4 is 5.65 Å². The van der Waals surface area contributed by atoms with Crippen LogP contribution in [-0.2, 0) is 0 Å². The van der Waals surface area contributed by atoms with E-state index < -0.39 is 13.0 Å². The maximum atomic E-state index is 12.2. The number of ether oxygens (including phenoxy) is 1. The van der Waals surface area contributed by atoms with E-state index in [0.717, 1.165) is 24.2 Å². The van der Waals surface area contributed by atoms with Gasteiger partial charge in [0.05, 0.1) is 11.9 Å². The fraction of sp³-hybridized carbons (Fsp3) is 0.571. The molecule has 0 spiro atoms. The molecule has 6 heteroatoms. The van der Waals surface area contributed by atoms with Crippen molar-refractivity contribution < 1.29 is 13.5 Å². The fourth-order valence-corrected chi connectivity index (χ4v) is 1.93. The summed E-state index contributed by atoms with van der Waals surface area (Å²) in [6.07, 6.45) is 1.31. The average Bonchev–Trinajstić information content (AvgIpc) is 3.23. The number of aromatic nitrogens is 3. The van der Waals surface area contributed by atoms with E-state index in [0.29, 0.717) is 17.3 Å². The molecule has 0 unspecified atom stereocenters. The summed E-state index contributed by atoms with van der Waals surface area (Å²) in [5.74, 6) is 0.778. The van der Waals surface area contributed by atoms with Crippen LogP contribution in [0.3, 0.4) is 0 Å². The van der Waals surface area contributed by atoms with E-state index in [1.54, 1.807) is 16.8 Å². The van der Waals surface area contributed by atoms with Crippen molar-refractivity contribution in [2.75, 3.05) is 6.61 Å². The molecule has 0 aliphatic heterocycles. The highest BCUT2D eigenvalue weighted by atomic mass is 19.3. The molecule has 4 nitrogen and oxygen atoms in total. The summed E-state index contributed by atoms with van der Waals surface area (Å²) < 4.78 is 31.3. The van der Waals surface area contributed by atoms with E-state index >= 15 is 0 Å². The van der Waals surface area contributed by atoms with Crippen molar-refractivity contribution in [1.29, 1.82) is 0 Å². The van der Waals surface area contributed by atoms with Crippen LogP contribution in [-0.4, -0.2) is 27.6 Å². The number of nitrogens with zero attached hydrogens (tertiary/aromatic N) is 3. The Bertz CT molecular complexity index is 579. The molecule has 1 saturated carbocycles. The van der Waals surface area contributed by atoms with E-state index in [4.69, 9.17) is 4.74 Å². The molecular formula is C14H19F2N3O. The Balaban J connectivity index is 0.000000704. The summed E-state index contributed by atoms with van der Waals surface area (Å²) in [5.41, 5.74) is 2.32. The second-order valence-corrected chi connectivity index (χ2v) is 4.54. The van der Waals surface area contributed by atoms with Crippen LogP contribution in [0.4, 0.5) is 8.78 Å². The number of hydrogen-bond donors (Lipinski definition) is 0. The zero-order chi connectivity index (χ0) is 14.7. The highest BCUT2D eigenvalue weighted by Gasteiger charge is 2.30. The van der Waals surface area contributed by atoms with Crippen LogP contribution in [0.5, 0.6) is 5.75 Å². The Morgan fingerprint density at radius 3 is 2.70 bits per heavy atom. The first-order valence-electron chi connectivity index (χ1n) is 6.91. The number of imidazole rings is 1. The lowest BCUT2D eigenvalue weighted by Gasteiger charge is -2.10. The first kappa shape index (κ1) is 14.7. The van der Waals surface area contributed by atoms with Gasteiger partial charge in [-0.05, 0) is 19.8 Å². The number of fused-ring (bicyclic) bond motifs is 1. The predicted octanol–water partition coefficient (Wildman–Crippen LogP) is 3.59. The van der Waals surface area contributed by atoms with Gasteiger partial charge in [-0.2, -0.15) is 5.10 Å². The fourth-order valence-electron chi connectivity index (χ4n) is 1.93. The second-order valence-electron chi connectivity index (χ2n) is 4.54. The number of halogens is 2. The zero-order valence-corrected chi connectivity index (χ0v) is 11.9. The summed E-state index contributed by atoms with van der Waals surface area (Å²) in [6, 6.07) is 1.69.